The smallest absolute Gasteiger partial charge is 0.116 e. The maximum Gasteiger partial charge on any atom is 0.116 e. The summed E-state index contributed by atoms with van der Waals surface area (Å²) < 4.78 is 0. The summed E-state index contributed by atoms with van der Waals surface area (Å²) in [7, 11) is 1.71. The lowest BCUT2D eigenvalue weighted by Gasteiger charge is -2.07. The van der Waals surface area contributed by atoms with Gasteiger partial charge in [-0.15, -0.1) is 0 Å². The number of phenolic OH excluding ortho intramolecular Hbond substituents is 1. The van der Waals surface area contributed by atoms with Crippen molar-refractivity contribution in [2.45, 2.75) is 6.92 Å². The summed E-state index contributed by atoms with van der Waals surface area (Å²) in [5.41, 5.74) is 5.07. The molecule has 0 saturated heterocycles. The van der Waals surface area contributed by atoms with E-state index in [0.29, 0.717) is 5.71 Å². The van der Waals surface area contributed by atoms with Crippen LogP contribution < -0.4 is 5.84 Å². The van der Waals surface area contributed by atoms with Gasteiger partial charge in [-0.2, -0.15) is 5.10 Å². The van der Waals surface area contributed by atoms with Crippen LogP contribution in [0.3, 0.4) is 0 Å². The Kier molecular flexibility index (Phi) is 4.24. The molecule has 0 aliphatic rings. The monoisotopic (exact) mass is 318 g/mol. The maximum atomic E-state index is 9.53. The van der Waals surface area contributed by atoms with Gasteiger partial charge in [-0.1, -0.05) is 30.3 Å². The number of pyridine rings is 1. The first-order valence-corrected chi connectivity index (χ1v) is 7.54. The van der Waals surface area contributed by atoms with E-state index in [1.807, 2.05) is 49.4 Å². The van der Waals surface area contributed by atoms with Gasteiger partial charge < -0.3 is 10.9 Å². The van der Waals surface area contributed by atoms with E-state index in [1.165, 1.54) is 0 Å². The summed E-state index contributed by atoms with van der Waals surface area (Å²) in [5, 5.41) is 14.3. The number of phenols is 1. The van der Waals surface area contributed by atoms with Crippen molar-refractivity contribution in [3.63, 3.8) is 0 Å². The highest BCUT2D eigenvalue weighted by Crippen LogP contribution is 2.24. The second-order valence-corrected chi connectivity index (χ2v) is 5.44. The fourth-order valence-corrected chi connectivity index (χ4v) is 2.56. The van der Waals surface area contributed by atoms with Gasteiger partial charge in [0.1, 0.15) is 11.5 Å². The minimum atomic E-state index is 0.239. The summed E-state index contributed by atoms with van der Waals surface area (Å²) in [4.78, 5) is 8.77. The van der Waals surface area contributed by atoms with Crippen LogP contribution in [0.4, 0.5) is 0 Å². The second kappa shape index (κ2) is 6.50. The lowest BCUT2D eigenvalue weighted by atomic mass is 10.0. The predicted octanol–water partition coefficient (Wildman–Crippen LogP) is 3.36. The molecule has 0 saturated carbocycles. The van der Waals surface area contributed by atoms with E-state index in [2.05, 4.69) is 15.1 Å². The molecule has 0 amide bonds. The number of benzene rings is 2. The highest BCUT2D eigenvalue weighted by Gasteiger charge is 2.08. The van der Waals surface area contributed by atoms with Crippen LogP contribution in [0.25, 0.3) is 22.2 Å². The van der Waals surface area contributed by atoms with Crippen LogP contribution in [0.15, 0.2) is 64.7 Å². The van der Waals surface area contributed by atoms with Crippen LogP contribution in [0.1, 0.15) is 12.5 Å². The van der Waals surface area contributed by atoms with Gasteiger partial charge in [-0.3, -0.25) is 4.99 Å². The normalized spacial score (nSPS) is 12.6. The molecule has 5 nitrogen and oxygen atoms in total. The van der Waals surface area contributed by atoms with Crippen LogP contribution in [0, 0.1) is 0 Å². The molecule has 0 aliphatic heterocycles. The van der Waals surface area contributed by atoms with Gasteiger partial charge in [0.05, 0.1) is 16.9 Å². The van der Waals surface area contributed by atoms with Crippen molar-refractivity contribution >= 4 is 22.3 Å². The molecule has 0 fully saturated rings. The van der Waals surface area contributed by atoms with E-state index < -0.39 is 0 Å². The Hall–Kier alpha value is -3.21. The second-order valence-electron chi connectivity index (χ2n) is 5.44. The molecule has 0 spiro atoms. The average Bonchev–Trinajstić information content (AvgIpc) is 2.62. The Morgan fingerprint density at radius 2 is 1.79 bits per heavy atom. The Morgan fingerprint density at radius 3 is 2.46 bits per heavy atom. The predicted molar refractivity (Wildman–Crippen MR) is 98.6 cm³/mol. The molecule has 0 atom stereocenters. The highest BCUT2D eigenvalue weighted by molar-refractivity contribution is 6.47. The SMILES string of the molecule is CN=C(C)/C(=N\N)c1ccc(-c2ccc3cc(O)ccc3n2)cc1. The van der Waals surface area contributed by atoms with E-state index in [9.17, 15) is 5.11 Å². The number of hydrazone groups is 1. The first kappa shape index (κ1) is 15.7. The molecule has 0 unspecified atom stereocenters. The number of hydrogen-bond donors (Lipinski definition) is 2. The summed E-state index contributed by atoms with van der Waals surface area (Å²) >= 11 is 0. The fraction of sp³-hybridized carbons (Fsp3) is 0.105. The minimum Gasteiger partial charge on any atom is -0.508 e. The van der Waals surface area contributed by atoms with Crippen LogP contribution in [0.5, 0.6) is 5.75 Å². The molecule has 3 N–H and O–H groups in total. The van der Waals surface area contributed by atoms with E-state index in [1.54, 1.807) is 19.2 Å². The van der Waals surface area contributed by atoms with E-state index >= 15 is 0 Å². The molecule has 0 radical (unpaired) electrons. The first-order chi connectivity index (χ1) is 11.6. The zero-order valence-electron chi connectivity index (χ0n) is 13.6. The molecule has 2 aromatic carbocycles. The zero-order valence-corrected chi connectivity index (χ0v) is 13.6. The number of aromatic nitrogens is 1. The fourth-order valence-electron chi connectivity index (χ4n) is 2.56. The van der Waals surface area contributed by atoms with Crippen molar-refractivity contribution in [2.24, 2.45) is 15.9 Å². The molecule has 1 aromatic heterocycles. The summed E-state index contributed by atoms with van der Waals surface area (Å²) in [5.74, 6) is 5.72. The average molecular weight is 318 g/mol. The molecule has 120 valence electrons. The van der Waals surface area contributed by atoms with Gasteiger partial charge >= 0.3 is 0 Å². The molecule has 0 aliphatic carbocycles. The van der Waals surface area contributed by atoms with Crippen molar-refractivity contribution in [3.8, 4) is 17.0 Å². The quantitative estimate of drug-likeness (QED) is 0.441. The number of aromatic hydroxyl groups is 1. The minimum absolute atomic E-state index is 0.239. The van der Waals surface area contributed by atoms with Gasteiger partial charge in [0.25, 0.3) is 0 Å². The summed E-state index contributed by atoms with van der Waals surface area (Å²) in [6.45, 7) is 1.87. The standard InChI is InChI=1S/C19H18N4O/c1-12(21-2)19(23-20)14-5-3-13(4-6-14)17-9-7-15-11-16(24)8-10-18(15)22-17/h3-11,24H,20H2,1-2H3/b21-12?,23-19+. The molecule has 3 aromatic rings. The first-order valence-electron chi connectivity index (χ1n) is 7.54. The molecular weight excluding hydrogens is 300 g/mol. The van der Waals surface area contributed by atoms with Gasteiger partial charge in [-0.25, -0.2) is 4.98 Å². The third kappa shape index (κ3) is 2.96. The van der Waals surface area contributed by atoms with Gasteiger partial charge in [0.2, 0.25) is 0 Å². The van der Waals surface area contributed by atoms with Crippen LogP contribution in [-0.4, -0.2) is 28.6 Å². The molecule has 5 heteroatoms. The van der Waals surface area contributed by atoms with Crippen molar-refractivity contribution in [1.82, 2.24) is 4.98 Å². The van der Waals surface area contributed by atoms with E-state index in [-0.39, 0.29) is 5.75 Å². The number of nitrogens with two attached hydrogens (primary N) is 1. The summed E-state index contributed by atoms with van der Waals surface area (Å²) in [6, 6.07) is 16.9. The zero-order chi connectivity index (χ0) is 17.1. The largest absolute Gasteiger partial charge is 0.508 e. The number of nitrogens with zero attached hydrogens (tertiary/aromatic N) is 3. The molecule has 0 bridgehead atoms. The van der Waals surface area contributed by atoms with Crippen LogP contribution in [-0.2, 0) is 0 Å². The van der Waals surface area contributed by atoms with Gasteiger partial charge in [0, 0.05) is 23.6 Å². The molecular formula is C19H18N4O. The number of rotatable bonds is 3. The Bertz CT molecular complexity index is 943. The van der Waals surface area contributed by atoms with Crippen molar-refractivity contribution < 1.29 is 5.11 Å². The number of aliphatic imine (C=N–C) groups is 1. The highest BCUT2D eigenvalue weighted by atomic mass is 16.3. The lowest BCUT2D eigenvalue weighted by molar-refractivity contribution is 0.476. The summed E-state index contributed by atoms with van der Waals surface area (Å²) in [6.07, 6.45) is 0. The van der Waals surface area contributed by atoms with E-state index in [4.69, 9.17) is 5.84 Å². The number of hydrogen-bond acceptors (Lipinski definition) is 5. The molecule has 3 rings (SSSR count). The van der Waals surface area contributed by atoms with E-state index in [0.717, 1.165) is 33.4 Å². The third-order valence-corrected chi connectivity index (χ3v) is 3.93. The van der Waals surface area contributed by atoms with Crippen molar-refractivity contribution in [2.75, 3.05) is 7.05 Å². The topological polar surface area (TPSA) is 83.9 Å². The van der Waals surface area contributed by atoms with Crippen LogP contribution >= 0.6 is 0 Å². The number of fused-ring (bicyclic) bond motifs is 1. The molecule has 24 heavy (non-hydrogen) atoms. The molecule has 1 heterocycles. The van der Waals surface area contributed by atoms with Gasteiger partial charge in [-0.05, 0) is 31.2 Å². The lowest BCUT2D eigenvalue weighted by Crippen LogP contribution is -2.14. The van der Waals surface area contributed by atoms with Crippen molar-refractivity contribution in [1.29, 1.82) is 0 Å². The maximum absolute atomic E-state index is 9.53. The Balaban J connectivity index is 1.97. The van der Waals surface area contributed by atoms with Crippen molar-refractivity contribution in [3.05, 3.63) is 60.2 Å². The Labute approximate surface area is 140 Å². The van der Waals surface area contributed by atoms with Gasteiger partial charge in [0.15, 0.2) is 0 Å². The Morgan fingerprint density at radius 1 is 1.04 bits per heavy atom. The third-order valence-electron chi connectivity index (χ3n) is 3.93. The van der Waals surface area contributed by atoms with Crippen LogP contribution in [0.2, 0.25) is 0 Å².